The molecule has 0 spiro atoms. The van der Waals surface area contributed by atoms with Crippen LogP contribution in [0.15, 0.2) is 0 Å². The third kappa shape index (κ3) is 1.85. The van der Waals surface area contributed by atoms with E-state index in [-0.39, 0.29) is 17.6 Å². The standard InChI is InChI=1S/C18H28O4/c1-11-5-6-12-13(19)9-14-16(2,15(20)21)7-4-8-17(14,3)18(12,22)10-11/h11-12,14,22H,4-10H2,1-3H3,(H,20,21)/t11-,12+,14-,16+,17-,18+/m1/s1. The zero-order chi connectivity index (χ0) is 16.3. The van der Waals surface area contributed by atoms with Crippen LogP contribution in [0, 0.1) is 28.6 Å². The van der Waals surface area contributed by atoms with Gasteiger partial charge in [0.05, 0.1) is 11.0 Å². The summed E-state index contributed by atoms with van der Waals surface area (Å²) in [6.07, 6.45) is 4.93. The highest BCUT2D eigenvalue weighted by Crippen LogP contribution is 2.65. The van der Waals surface area contributed by atoms with Crippen LogP contribution in [0.1, 0.15) is 65.7 Å². The van der Waals surface area contributed by atoms with Crippen molar-refractivity contribution in [3.05, 3.63) is 0 Å². The van der Waals surface area contributed by atoms with Crippen LogP contribution in [0.25, 0.3) is 0 Å². The van der Waals surface area contributed by atoms with Crippen LogP contribution in [0.5, 0.6) is 0 Å². The van der Waals surface area contributed by atoms with Crippen molar-refractivity contribution in [1.29, 1.82) is 0 Å². The maximum Gasteiger partial charge on any atom is 0.309 e. The predicted molar refractivity (Wildman–Crippen MR) is 82.3 cm³/mol. The van der Waals surface area contributed by atoms with Crippen LogP contribution in [0.3, 0.4) is 0 Å². The van der Waals surface area contributed by atoms with Gasteiger partial charge in [-0.05, 0) is 50.9 Å². The van der Waals surface area contributed by atoms with Gasteiger partial charge in [-0.15, -0.1) is 0 Å². The van der Waals surface area contributed by atoms with Crippen LogP contribution in [-0.2, 0) is 9.59 Å². The highest BCUT2D eigenvalue weighted by Gasteiger charge is 2.67. The number of hydrogen-bond donors (Lipinski definition) is 2. The summed E-state index contributed by atoms with van der Waals surface area (Å²) in [5.41, 5.74) is -2.39. The lowest BCUT2D eigenvalue weighted by atomic mass is 9.41. The molecule has 4 heteroatoms. The molecule has 0 saturated heterocycles. The number of aliphatic hydroxyl groups is 1. The normalized spacial score (nSPS) is 51.8. The smallest absolute Gasteiger partial charge is 0.309 e. The summed E-state index contributed by atoms with van der Waals surface area (Å²) in [5.74, 6) is -0.887. The maximum absolute atomic E-state index is 12.7. The summed E-state index contributed by atoms with van der Waals surface area (Å²) in [5, 5.41) is 21.4. The van der Waals surface area contributed by atoms with Crippen molar-refractivity contribution in [2.75, 3.05) is 0 Å². The predicted octanol–water partition coefficient (Wildman–Crippen LogP) is 3.02. The lowest BCUT2D eigenvalue weighted by Gasteiger charge is -2.63. The van der Waals surface area contributed by atoms with Crippen molar-refractivity contribution in [2.45, 2.75) is 71.3 Å². The average Bonchev–Trinajstić information content (AvgIpc) is 2.41. The Morgan fingerprint density at radius 2 is 1.91 bits per heavy atom. The van der Waals surface area contributed by atoms with Crippen molar-refractivity contribution >= 4 is 11.8 Å². The molecular weight excluding hydrogens is 280 g/mol. The third-order valence-corrected chi connectivity index (χ3v) is 7.39. The second-order valence-corrected chi connectivity index (χ2v) is 8.58. The van der Waals surface area contributed by atoms with Gasteiger partial charge in [-0.1, -0.05) is 20.3 Å². The van der Waals surface area contributed by atoms with Gasteiger partial charge in [-0.2, -0.15) is 0 Å². The summed E-state index contributed by atoms with van der Waals surface area (Å²) in [6, 6.07) is 0. The van der Waals surface area contributed by atoms with E-state index in [1.807, 2.05) is 0 Å². The summed E-state index contributed by atoms with van der Waals surface area (Å²) in [4.78, 5) is 24.6. The second-order valence-electron chi connectivity index (χ2n) is 8.58. The first-order chi connectivity index (χ1) is 10.1. The van der Waals surface area contributed by atoms with Gasteiger partial charge in [0, 0.05) is 17.8 Å². The Morgan fingerprint density at radius 1 is 1.23 bits per heavy atom. The molecule has 0 radical (unpaired) electrons. The molecule has 3 aliphatic carbocycles. The quantitative estimate of drug-likeness (QED) is 0.781. The van der Waals surface area contributed by atoms with Gasteiger partial charge in [-0.25, -0.2) is 0 Å². The Kier molecular flexibility index (Phi) is 3.48. The molecule has 2 N–H and O–H groups in total. The van der Waals surface area contributed by atoms with E-state index >= 15 is 0 Å². The monoisotopic (exact) mass is 308 g/mol. The van der Waals surface area contributed by atoms with Crippen LogP contribution < -0.4 is 0 Å². The van der Waals surface area contributed by atoms with Crippen LogP contribution in [0.4, 0.5) is 0 Å². The molecule has 6 atom stereocenters. The van der Waals surface area contributed by atoms with E-state index in [1.54, 1.807) is 6.92 Å². The van der Waals surface area contributed by atoms with Crippen LogP contribution in [-0.4, -0.2) is 27.6 Å². The first kappa shape index (κ1) is 16.0. The number of carbonyl (C=O) groups is 2. The Bertz CT molecular complexity index is 515. The van der Waals surface area contributed by atoms with Gasteiger partial charge in [0.2, 0.25) is 0 Å². The Labute approximate surface area is 132 Å². The van der Waals surface area contributed by atoms with E-state index in [2.05, 4.69) is 13.8 Å². The van der Waals surface area contributed by atoms with Gasteiger partial charge in [-0.3, -0.25) is 9.59 Å². The minimum absolute atomic E-state index is 0.0891. The minimum atomic E-state index is -1.03. The van der Waals surface area contributed by atoms with Crippen molar-refractivity contribution < 1.29 is 19.8 Å². The first-order valence-corrected chi connectivity index (χ1v) is 8.63. The largest absolute Gasteiger partial charge is 0.481 e. The van der Waals surface area contributed by atoms with E-state index in [4.69, 9.17) is 0 Å². The molecule has 0 aromatic carbocycles. The fraction of sp³-hybridized carbons (Fsp3) is 0.889. The fourth-order valence-corrected chi connectivity index (χ4v) is 5.97. The Morgan fingerprint density at radius 3 is 2.55 bits per heavy atom. The molecule has 22 heavy (non-hydrogen) atoms. The number of carbonyl (C=O) groups excluding carboxylic acids is 1. The average molecular weight is 308 g/mol. The van der Waals surface area contributed by atoms with Gasteiger partial charge >= 0.3 is 5.97 Å². The molecule has 0 bridgehead atoms. The lowest BCUT2D eigenvalue weighted by molar-refractivity contribution is -0.228. The van der Waals surface area contributed by atoms with Crippen molar-refractivity contribution in [3.63, 3.8) is 0 Å². The van der Waals surface area contributed by atoms with Crippen LogP contribution in [0.2, 0.25) is 0 Å². The first-order valence-electron chi connectivity index (χ1n) is 8.63. The molecule has 0 aromatic heterocycles. The lowest BCUT2D eigenvalue weighted by Crippen LogP contribution is -2.68. The number of carboxylic acids is 1. The van der Waals surface area contributed by atoms with Gasteiger partial charge in [0.15, 0.2) is 0 Å². The SMILES string of the molecule is C[C@@H]1CC[C@H]2C(=O)C[C@@H]3[C@@](C)(C(=O)O)CCC[C@@]3(C)[C@]2(O)C1. The zero-order valence-electron chi connectivity index (χ0n) is 13.9. The summed E-state index contributed by atoms with van der Waals surface area (Å²) in [6.45, 7) is 5.96. The molecule has 0 heterocycles. The molecule has 3 rings (SSSR count). The van der Waals surface area contributed by atoms with Crippen molar-refractivity contribution in [2.24, 2.45) is 28.6 Å². The fourth-order valence-electron chi connectivity index (χ4n) is 5.97. The van der Waals surface area contributed by atoms with Crippen molar-refractivity contribution in [1.82, 2.24) is 0 Å². The van der Waals surface area contributed by atoms with Crippen molar-refractivity contribution in [3.8, 4) is 0 Å². The highest BCUT2D eigenvalue weighted by atomic mass is 16.4. The van der Waals surface area contributed by atoms with Gasteiger partial charge < -0.3 is 10.2 Å². The third-order valence-electron chi connectivity index (χ3n) is 7.39. The molecule has 0 aromatic rings. The van der Waals surface area contributed by atoms with E-state index < -0.39 is 22.4 Å². The molecule has 124 valence electrons. The van der Waals surface area contributed by atoms with E-state index in [0.29, 0.717) is 25.2 Å². The summed E-state index contributed by atoms with van der Waals surface area (Å²) in [7, 11) is 0. The number of Topliss-reactive ketones (excluding diaryl/α,β-unsaturated/α-hetero) is 1. The van der Waals surface area contributed by atoms with Gasteiger partial charge in [0.25, 0.3) is 0 Å². The molecule has 3 fully saturated rings. The number of fused-ring (bicyclic) bond motifs is 3. The minimum Gasteiger partial charge on any atom is -0.481 e. The number of hydrogen-bond acceptors (Lipinski definition) is 3. The number of ketones is 1. The zero-order valence-corrected chi connectivity index (χ0v) is 13.9. The summed E-state index contributed by atoms with van der Waals surface area (Å²) < 4.78 is 0. The molecule has 0 aliphatic heterocycles. The molecule has 0 unspecified atom stereocenters. The van der Waals surface area contributed by atoms with E-state index in [1.165, 1.54) is 0 Å². The Hall–Kier alpha value is -0.900. The molecule has 0 amide bonds. The van der Waals surface area contributed by atoms with Crippen LogP contribution >= 0.6 is 0 Å². The number of rotatable bonds is 1. The maximum atomic E-state index is 12.7. The molecule has 3 aliphatic rings. The van der Waals surface area contributed by atoms with E-state index in [0.717, 1.165) is 25.7 Å². The van der Waals surface area contributed by atoms with Gasteiger partial charge in [0.1, 0.15) is 5.78 Å². The Balaban J connectivity index is 2.09. The number of aliphatic carboxylic acids is 1. The molecule has 3 saturated carbocycles. The second kappa shape index (κ2) is 4.80. The van der Waals surface area contributed by atoms with E-state index in [9.17, 15) is 19.8 Å². The highest BCUT2D eigenvalue weighted by molar-refractivity contribution is 5.86. The molecular formula is C18H28O4. The molecule has 4 nitrogen and oxygen atoms in total. The summed E-state index contributed by atoms with van der Waals surface area (Å²) >= 11 is 0. The topological polar surface area (TPSA) is 74.6 Å². The number of carboxylic acid groups (broad SMARTS) is 1.